The lowest BCUT2D eigenvalue weighted by atomic mass is 10.3. The molecule has 1 aliphatic carbocycles. The fourth-order valence-corrected chi connectivity index (χ4v) is 4.03. The molecule has 0 unspecified atom stereocenters. The molecule has 0 aromatic heterocycles. The standard InChI is InChI=1S/C12H18N2O2S/c1-14(11-8-6-10(13)7-9-11)17(15,16)12-4-2-3-5-12/h6-9,12H,2-5,13H2,1H3. The largest absolute Gasteiger partial charge is 0.399 e. The molecule has 17 heavy (non-hydrogen) atoms. The number of nitrogen functional groups attached to an aromatic ring is 1. The summed E-state index contributed by atoms with van der Waals surface area (Å²) in [5, 5.41) is -0.218. The highest BCUT2D eigenvalue weighted by Gasteiger charge is 2.32. The first-order valence-corrected chi connectivity index (χ1v) is 7.35. The molecule has 5 heteroatoms. The van der Waals surface area contributed by atoms with Gasteiger partial charge < -0.3 is 5.73 Å². The fraction of sp³-hybridized carbons (Fsp3) is 0.500. The van der Waals surface area contributed by atoms with E-state index >= 15 is 0 Å². The number of nitrogens with two attached hydrogens (primary N) is 1. The van der Waals surface area contributed by atoms with Crippen LogP contribution in [0, 0.1) is 0 Å². The van der Waals surface area contributed by atoms with Crippen LogP contribution in [0.25, 0.3) is 0 Å². The molecule has 1 aromatic carbocycles. The summed E-state index contributed by atoms with van der Waals surface area (Å²) in [6.45, 7) is 0. The highest BCUT2D eigenvalue weighted by atomic mass is 32.2. The first kappa shape index (κ1) is 12.2. The van der Waals surface area contributed by atoms with Crippen molar-refractivity contribution in [3.8, 4) is 0 Å². The lowest BCUT2D eigenvalue weighted by molar-refractivity contribution is 0.578. The van der Waals surface area contributed by atoms with Crippen molar-refractivity contribution in [2.24, 2.45) is 0 Å². The van der Waals surface area contributed by atoms with E-state index in [0.29, 0.717) is 11.4 Å². The Morgan fingerprint density at radius 2 is 1.71 bits per heavy atom. The minimum Gasteiger partial charge on any atom is -0.399 e. The van der Waals surface area contributed by atoms with Crippen molar-refractivity contribution in [2.45, 2.75) is 30.9 Å². The second kappa shape index (κ2) is 4.56. The molecule has 1 aromatic rings. The van der Waals surface area contributed by atoms with Crippen molar-refractivity contribution in [1.29, 1.82) is 0 Å². The van der Waals surface area contributed by atoms with Gasteiger partial charge in [0, 0.05) is 12.7 Å². The van der Waals surface area contributed by atoms with Crippen molar-refractivity contribution in [1.82, 2.24) is 0 Å². The third kappa shape index (κ3) is 2.39. The summed E-state index contributed by atoms with van der Waals surface area (Å²) in [6, 6.07) is 6.91. The minimum atomic E-state index is -3.21. The van der Waals surface area contributed by atoms with E-state index in [1.165, 1.54) is 4.31 Å². The minimum absolute atomic E-state index is 0.218. The van der Waals surface area contributed by atoms with E-state index in [0.717, 1.165) is 25.7 Å². The molecule has 0 saturated heterocycles. The lowest BCUT2D eigenvalue weighted by Gasteiger charge is -2.23. The summed E-state index contributed by atoms with van der Waals surface area (Å²) in [4.78, 5) is 0. The molecule has 0 heterocycles. The Labute approximate surface area is 102 Å². The Morgan fingerprint density at radius 1 is 1.18 bits per heavy atom. The van der Waals surface area contributed by atoms with Crippen LogP contribution < -0.4 is 10.0 Å². The highest BCUT2D eigenvalue weighted by molar-refractivity contribution is 7.93. The first-order valence-electron chi connectivity index (χ1n) is 5.85. The summed E-state index contributed by atoms with van der Waals surface area (Å²) < 4.78 is 26.0. The van der Waals surface area contributed by atoms with Crippen molar-refractivity contribution in [3.05, 3.63) is 24.3 Å². The quantitative estimate of drug-likeness (QED) is 0.839. The number of benzene rings is 1. The van der Waals surface area contributed by atoms with Crippen LogP contribution >= 0.6 is 0 Å². The fourth-order valence-electron chi connectivity index (χ4n) is 2.24. The van der Waals surface area contributed by atoms with Crippen LogP contribution in [0.15, 0.2) is 24.3 Å². The molecule has 94 valence electrons. The maximum absolute atomic E-state index is 12.3. The second-order valence-corrected chi connectivity index (χ2v) is 6.75. The Bertz CT molecular complexity index is 476. The van der Waals surface area contributed by atoms with Crippen molar-refractivity contribution in [3.63, 3.8) is 0 Å². The predicted octanol–water partition coefficient (Wildman–Crippen LogP) is 1.98. The number of nitrogens with zero attached hydrogens (tertiary/aromatic N) is 1. The second-order valence-electron chi connectivity index (χ2n) is 4.51. The zero-order chi connectivity index (χ0) is 12.5. The molecule has 0 amide bonds. The monoisotopic (exact) mass is 254 g/mol. The average molecular weight is 254 g/mol. The summed E-state index contributed by atoms with van der Waals surface area (Å²) in [7, 11) is -1.60. The molecule has 0 bridgehead atoms. The van der Waals surface area contributed by atoms with Crippen LogP contribution in [0.2, 0.25) is 0 Å². The van der Waals surface area contributed by atoms with E-state index in [2.05, 4.69) is 0 Å². The van der Waals surface area contributed by atoms with Gasteiger partial charge in [0.15, 0.2) is 0 Å². The van der Waals surface area contributed by atoms with Gasteiger partial charge in [-0.25, -0.2) is 8.42 Å². The van der Waals surface area contributed by atoms with Gasteiger partial charge in [-0.2, -0.15) is 0 Å². The smallest absolute Gasteiger partial charge is 0.237 e. The van der Waals surface area contributed by atoms with Crippen LogP contribution in [0.5, 0.6) is 0 Å². The zero-order valence-corrected chi connectivity index (χ0v) is 10.8. The van der Waals surface area contributed by atoms with E-state index in [9.17, 15) is 8.42 Å². The van der Waals surface area contributed by atoms with Crippen LogP contribution in [-0.4, -0.2) is 20.7 Å². The van der Waals surface area contributed by atoms with E-state index < -0.39 is 10.0 Å². The van der Waals surface area contributed by atoms with Crippen molar-refractivity contribution in [2.75, 3.05) is 17.1 Å². The van der Waals surface area contributed by atoms with Gasteiger partial charge >= 0.3 is 0 Å². The van der Waals surface area contributed by atoms with Gasteiger partial charge in [-0.05, 0) is 37.1 Å². The molecular formula is C12H18N2O2S. The summed E-state index contributed by atoms with van der Waals surface area (Å²) in [6.07, 6.45) is 3.59. The van der Waals surface area contributed by atoms with E-state index in [1.54, 1.807) is 31.3 Å². The highest BCUT2D eigenvalue weighted by Crippen LogP contribution is 2.29. The summed E-state index contributed by atoms with van der Waals surface area (Å²) >= 11 is 0. The molecule has 1 fully saturated rings. The van der Waals surface area contributed by atoms with E-state index in [-0.39, 0.29) is 5.25 Å². The Morgan fingerprint density at radius 3 is 2.24 bits per heavy atom. The number of hydrogen-bond donors (Lipinski definition) is 1. The summed E-state index contributed by atoms with van der Waals surface area (Å²) in [5.74, 6) is 0. The molecule has 4 nitrogen and oxygen atoms in total. The van der Waals surface area contributed by atoms with E-state index in [4.69, 9.17) is 5.73 Å². The predicted molar refractivity (Wildman–Crippen MR) is 70.4 cm³/mol. The topological polar surface area (TPSA) is 63.4 Å². The van der Waals surface area contributed by atoms with Crippen LogP contribution in [0.4, 0.5) is 11.4 Å². The number of hydrogen-bond acceptors (Lipinski definition) is 3. The molecular weight excluding hydrogens is 236 g/mol. The Kier molecular flexibility index (Phi) is 3.28. The Balaban J connectivity index is 2.24. The SMILES string of the molecule is CN(c1ccc(N)cc1)S(=O)(=O)C1CCCC1. The average Bonchev–Trinajstić information content (AvgIpc) is 2.83. The number of sulfonamides is 1. The molecule has 0 aliphatic heterocycles. The normalized spacial score (nSPS) is 17.2. The maximum Gasteiger partial charge on any atom is 0.237 e. The molecule has 1 saturated carbocycles. The lowest BCUT2D eigenvalue weighted by Crippen LogP contribution is -2.34. The zero-order valence-electron chi connectivity index (χ0n) is 9.96. The van der Waals surface area contributed by atoms with Gasteiger partial charge in [-0.3, -0.25) is 4.31 Å². The number of anilines is 2. The van der Waals surface area contributed by atoms with Gasteiger partial charge in [0.2, 0.25) is 10.0 Å². The van der Waals surface area contributed by atoms with Gasteiger partial charge in [0.1, 0.15) is 0 Å². The van der Waals surface area contributed by atoms with Gasteiger partial charge in [0.25, 0.3) is 0 Å². The molecule has 1 aliphatic rings. The summed E-state index contributed by atoms with van der Waals surface area (Å²) in [5.41, 5.74) is 6.90. The maximum atomic E-state index is 12.3. The van der Waals surface area contributed by atoms with Gasteiger partial charge in [-0.1, -0.05) is 12.8 Å². The van der Waals surface area contributed by atoms with Crippen LogP contribution in [0.1, 0.15) is 25.7 Å². The molecule has 0 spiro atoms. The van der Waals surface area contributed by atoms with Crippen LogP contribution in [0.3, 0.4) is 0 Å². The van der Waals surface area contributed by atoms with E-state index in [1.807, 2.05) is 0 Å². The molecule has 0 radical (unpaired) electrons. The molecule has 2 N–H and O–H groups in total. The third-order valence-corrected chi connectivity index (χ3v) is 5.65. The van der Waals surface area contributed by atoms with Gasteiger partial charge in [-0.15, -0.1) is 0 Å². The van der Waals surface area contributed by atoms with Crippen molar-refractivity contribution >= 4 is 21.4 Å². The molecule has 0 atom stereocenters. The Hall–Kier alpha value is -1.23. The first-order chi connectivity index (χ1) is 8.01. The van der Waals surface area contributed by atoms with Crippen LogP contribution in [-0.2, 0) is 10.0 Å². The third-order valence-electron chi connectivity index (χ3n) is 3.36. The van der Waals surface area contributed by atoms with Crippen molar-refractivity contribution < 1.29 is 8.42 Å². The van der Waals surface area contributed by atoms with Gasteiger partial charge in [0.05, 0.1) is 10.9 Å². The number of rotatable bonds is 3. The molecule has 2 rings (SSSR count).